The van der Waals surface area contributed by atoms with Crippen LogP contribution in [0, 0.1) is 0 Å². The van der Waals surface area contributed by atoms with Gasteiger partial charge in [0.1, 0.15) is 21.3 Å². The fraction of sp³-hybridized carbons (Fsp3) is 0.409. The second-order valence-corrected chi connectivity index (χ2v) is 22.8. The number of halogens is 5. The van der Waals surface area contributed by atoms with Crippen LogP contribution in [0.2, 0.25) is 25.5 Å². The molecule has 0 unspecified atom stereocenters. The zero-order valence-electron chi connectivity index (χ0n) is 38.5. The molecule has 0 aliphatic carbocycles. The Hall–Kier alpha value is -4.75. The van der Waals surface area contributed by atoms with Crippen LogP contribution in [0.5, 0.6) is 0 Å². The normalized spacial score (nSPS) is 18.5. The second-order valence-electron chi connectivity index (χ2n) is 17.3. The molecule has 6 aromatic rings. The van der Waals surface area contributed by atoms with Crippen LogP contribution in [-0.2, 0) is 20.0 Å². The Morgan fingerprint density at radius 2 is 1.08 bits per heavy atom. The minimum absolute atomic E-state index is 0.174. The van der Waals surface area contributed by atoms with E-state index in [4.69, 9.17) is 63.1 Å². The summed E-state index contributed by atoms with van der Waals surface area (Å²) in [6, 6.07) is 15.2. The van der Waals surface area contributed by atoms with Gasteiger partial charge in [-0.15, -0.1) is 0 Å². The zero-order chi connectivity index (χ0) is 50.6. The molecule has 4 fully saturated rings. The molecule has 2 atom stereocenters. The molecule has 380 valence electrons. The van der Waals surface area contributed by atoms with Gasteiger partial charge in [-0.05, 0) is 87.8 Å². The average Bonchev–Trinajstić information content (AvgIpc) is 4.18. The maximum absolute atomic E-state index is 13.7. The largest absolute Gasteiger partial charge is 0.330 e. The molecule has 71 heavy (non-hydrogen) atoms. The minimum atomic E-state index is -3.59. The fourth-order valence-corrected chi connectivity index (χ4v) is 11.0. The Morgan fingerprint density at radius 3 is 1.55 bits per heavy atom. The molecule has 5 N–H and O–H groups in total. The minimum Gasteiger partial charge on any atom is -0.330 e. The number of hydrazine groups is 2. The first kappa shape index (κ1) is 52.6. The highest BCUT2D eigenvalue weighted by molar-refractivity contribution is 7.92. The number of carbonyl (C=O) groups is 2. The van der Waals surface area contributed by atoms with Gasteiger partial charge in [-0.2, -0.15) is 14.7 Å². The SMILES string of the molecule is C1CNNC1.CS(=O)(=O)Nc1ccc(Cl)cc1C(=O)N1CCCC[C@H]1c1cc2nc(Cl)cc(Cl)n2n1.CS(=O)(=O)Nc1ccc(Cl)cc1C(=O)N1CCCC[C@H]1c1cc2nc(Cl)cc(N3CCCN3)n2n1. The molecule has 0 radical (unpaired) electrons. The number of benzene rings is 2. The zero-order valence-corrected chi connectivity index (χ0v) is 43.9. The molecule has 0 bridgehead atoms. The number of aromatic nitrogens is 6. The third-order valence-corrected chi connectivity index (χ3v) is 14.2. The van der Waals surface area contributed by atoms with E-state index in [0.717, 1.165) is 83.0 Å². The standard InChI is InChI=1S/C22H25Cl2N7O3S.C19H18Cl3N5O3S.C3H8N2/c1-35(33,34)28-16-7-6-14(23)11-15(16)22(32)29-9-3-2-5-18(29)17-12-20-26-19(24)13-21(31(20)27-17)30-10-4-8-25-30;1-31(29,30)25-13-6-5-11(20)8-12(13)19(28)26-7-3-2-4-15(26)14-9-18-23-16(21)10-17(22)27(18)24-14;1-2-4-5-3-1/h6-7,11-13,18,25,28H,2-5,8-10H2,1H3;5-6,8-10,15,25H,2-4,7H2,1H3;4-5H,1-3H2/t18-;15-;/m00./s1. The molecule has 20 nitrogen and oxygen atoms in total. The van der Waals surface area contributed by atoms with Crippen molar-refractivity contribution in [1.82, 2.24) is 55.3 Å². The van der Waals surface area contributed by atoms with Gasteiger partial charge in [-0.25, -0.2) is 36.7 Å². The van der Waals surface area contributed by atoms with Crippen molar-refractivity contribution < 1.29 is 26.4 Å². The van der Waals surface area contributed by atoms with Crippen molar-refractivity contribution in [3.8, 4) is 0 Å². The number of amides is 2. The Balaban J connectivity index is 0.000000174. The van der Waals surface area contributed by atoms with Crippen LogP contribution < -0.4 is 30.7 Å². The lowest BCUT2D eigenvalue weighted by molar-refractivity contribution is 0.0600. The molecule has 4 aliphatic heterocycles. The highest BCUT2D eigenvalue weighted by Gasteiger charge is 2.34. The Morgan fingerprint density at radius 1 is 0.592 bits per heavy atom. The molecule has 4 saturated heterocycles. The van der Waals surface area contributed by atoms with Crippen molar-refractivity contribution in [3.05, 3.63) is 109 Å². The molecule has 10 rings (SSSR count). The molecular weight excluding hydrogens is 1060 g/mol. The highest BCUT2D eigenvalue weighted by atomic mass is 35.5. The third-order valence-electron chi connectivity index (χ3n) is 11.9. The predicted molar refractivity (Wildman–Crippen MR) is 277 cm³/mol. The molecular formula is C44H51Cl5N14O6S2. The van der Waals surface area contributed by atoms with E-state index in [1.807, 2.05) is 11.1 Å². The van der Waals surface area contributed by atoms with Crippen molar-refractivity contribution in [2.24, 2.45) is 0 Å². The first-order chi connectivity index (χ1) is 33.8. The Labute approximate surface area is 435 Å². The number of hydrogen-bond donors (Lipinski definition) is 5. The number of rotatable bonds is 9. The number of sulfonamides is 2. The van der Waals surface area contributed by atoms with Crippen LogP contribution in [0.3, 0.4) is 0 Å². The van der Waals surface area contributed by atoms with Crippen LogP contribution in [0.25, 0.3) is 11.3 Å². The van der Waals surface area contributed by atoms with Crippen molar-refractivity contribution in [1.29, 1.82) is 0 Å². The summed E-state index contributed by atoms with van der Waals surface area (Å²) in [4.78, 5) is 39.3. The van der Waals surface area contributed by atoms with E-state index in [0.29, 0.717) is 62.5 Å². The summed E-state index contributed by atoms with van der Waals surface area (Å²) in [6.45, 7) is 4.97. The predicted octanol–water partition coefficient (Wildman–Crippen LogP) is 7.40. The van der Waals surface area contributed by atoms with E-state index in [2.05, 4.69) is 40.8 Å². The second kappa shape index (κ2) is 22.6. The summed E-state index contributed by atoms with van der Waals surface area (Å²) in [5.41, 5.74) is 12.4. The van der Waals surface area contributed by atoms with E-state index >= 15 is 0 Å². The lowest BCUT2D eigenvalue weighted by Gasteiger charge is -2.35. The van der Waals surface area contributed by atoms with Gasteiger partial charge < -0.3 is 9.80 Å². The van der Waals surface area contributed by atoms with Gasteiger partial charge in [0.2, 0.25) is 20.0 Å². The number of anilines is 3. The number of nitrogens with one attached hydrogen (secondary N) is 5. The molecule has 27 heteroatoms. The van der Waals surface area contributed by atoms with Gasteiger partial charge >= 0.3 is 0 Å². The molecule has 2 aromatic carbocycles. The quantitative estimate of drug-likeness (QED) is 0.0889. The van der Waals surface area contributed by atoms with E-state index < -0.39 is 20.0 Å². The summed E-state index contributed by atoms with van der Waals surface area (Å²) in [6.07, 6.45) is 9.25. The topological polar surface area (TPSA) is 233 Å². The van der Waals surface area contributed by atoms with Gasteiger partial charge in [-0.1, -0.05) is 58.0 Å². The number of piperidine rings is 2. The van der Waals surface area contributed by atoms with Crippen LogP contribution in [0.1, 0.15) is 95.6 Å². The molecule has 0 spiro atoms. The number of hydrogen-bond acceptors (Lipinski definition) is 14. The molecule has 4 aliphatic rings. The van der Waals surface area contributed by atoms with Crippen molar-refractivity contribution in [3.63, 3.8) is 0 Å². The van der Waals surface area contributed by atoms with Crippen molar-refractivity contribution in [2.75, 3.05) is 66.2 Å². The number of fused-ring (bicyclic) bond motifs is 2. The van der Waals surface area contributed by atoms with Gasteiger partial charge in [0.05, 0.1) is 58.5 Å². The van der Waals surface area contributed by atoms with E-state index in [9.17, 15) is 26.4 Å². The number of likely N-dealkylation sites (tertiary alicyclic amines) is 2. The molecule has 0 saturated carbocycles. The number of carbonyl (C=O) groups excluding carboxylic acids is 2. The molecule has 8 heterocycles. The third kappa shape index (κ3) is 13.1. The average molecular weight is 1110 g/mol. The van der Waals surface area contributed by atoms with Crippen LogP contribution in [-0.4, -0.2) is 119 Å². The maximum Gasteiger partial charge on any atom is 0.256 e. The Kier molecular flexibility index (Phi) is 16.7. The maximum atomic E-state index is 13.7. The summed E-state index contributed by atoms with van der Waals surface area (Å²) < 4.78 is 55.3. The van der Waals surface area contributed by atoms with Crippen LogP contribution >= 0.6 is 58.0 Å². The van der Waals surface area contributed by atoms with E-state index in [1.54, 1.807) is 32.5 Å². The monoisotopic (exact) mass is 1110 g/mol. The summed E-state index contributed by atoms with van der Waals surface area (Å²) in [7, 11) is -7.17. The first-order valence-corrected chi connectivity index (χ1v) is 28.4. The van der Waals surface area contributed by atoms with Gasteiger partial charge in [-0.3, -0.25) is 34.9 Å². The molecule has 4 aromatic heterocycles. The van der Waals surface area contributed by atoms with Gasteiger partial charge in [0.25, 0.3) is 11.8 Å². The molecule has 2 amide bonds. The summed E-state index contributed by atoms with van der Waals surface area (Å²) in [5.74, 6) is 0.132. The Bertz CT molecular complexity index is 3160. The smallest absolute Gasteiger partial charge is 0.256 e. The van der Waals surface area contributed by atoms with E-state index in [1.165, 1.54) is 47.3 Å². The van der Waals surface area contributed by atoms with Crippen molar-refractivity contribution in [2.45, 2.75) is 63.5 Å². The highest BCUT2D eigenvalue weighted by Crippen LogP contribution is 2.37. The van der Waals surface area contributed by atoms with Crippen molar-refractivity contribution >= 4 is 118 Å². The lowest BCUT2D eigenvalue weighted by Crippen LogP contribution is -2.39. The lowest BCUT2D eigenvalue weighted by atomic mass is 9.98. The van der Waals surface area contributed by atoms with Gasteiger partial charge in [0.15, 0.2) is 11.3 Å². The number of nitrogens with zero attached hydrogens (tertiary/aromatic N) is 9. The van der Waals surface area contributed by atoms with Gasteiger partial charge in [0, 0.05) is 73.6 Å². The van der Waals surface area contributed by atoms with Crippen LogP contribution in [0.4, 0.5) is 17.2 Å². The first-order valence-electron chi connectivity index (χ1n) is 22.7. The summed E-state index contributed by atoms with van der Waals surface area (Å²) in [5, 5.41) is 12.9. The van der Waals surface area contributed by atoms with Crippen LogP contribution in [0.15, 0.2) is 60.7 Å². The summed E-state index contributed by atoms with van der Waals surface area (Å²) >= 11 is 30.8. The van der Waals surface area contributed by atoms with E-state index in [-0.39, 0.29) is 51.6 Å². The fourth-order valence-electron chi connectivity index (χ4n) is 8.80.